The Morgan fingerprint density at radius 1 is 0.554 bits per heavy atom. The van der Waals surface area contributed by atoms with Gasteiger partial charge in [0.15, 0.2) is 0 Å². The minimum Gasteiger partial charge on any atom is -0.462 e. The Hall–Kier alpha value is -6.04. The lowest BCUT2D eigenvalue weighted by Crippen LogP contribution is -2.31. The SMILES string of the molecule is CC[C@H](C(=O)OCc1ccccc1)[C@H](COC(=O)c1ccc(C(=O)OC[C@H](Cc2cncn2C)[C@H](CC)C(=O)OCc2ccccc2)cc1)Cc1cncn1C. The van der Waals surface area contributed by atoms with Gasteiger partial charge < -0.3 is 28.1 Å². The molecule has 12 nitrogen and oxygen atoms in total. The van der Waals surface area contributed by atoms with E-state index in [0.717, 1.165) is 22.5 Å². The molecule has 0 aliphatic rings. The van der Waals surface area contributed by atoms with Gasteiger partial charge in [-0.3, -0.25) is 9.59 Å². The van der Waals surface area contributed by atoms with E-state index in [1.807, 2.05) is 97.7 Å². The predicted molar refractivity (Wildman–Crippen MR) is 208 cm³/mol. The molecule has 294 valence electrons. The van der Waals surface area contributed by atoms with Gasteiger partial charge in [0, 0.05) is 49.7 Å². The summed E-state index contributed by atoms with van der Waals surface area (Å²) in [4.78, 5) is 61.6. The van der Waals surface area contributed by atoms with Gasteiger partial charge in [-0.15, -0.1) is 0 Å². The van der Waals surface area contributed by atoms with E-state index in [1.54, 1.807) is 25.0 Å². The first-order chi connectivity index (χ1) is 27.2. The van der Waals surface area contributed by atoms with Crippen molar-refractivity contribution in [1.29, 1.82) is 0 Å². The number of ether oxygens (including phenoxy) is 4. The number of benzene rings is 3. The van der Waals surface area contributed by atoms with Crippen LogP contribution in [0.2, 0.25) is 0 Å². The second kappa shape index (κ2) is 20.6. The standard InChI is InChI=1S/C44H50N4O8/c1-5-39(43(51)53-25-31-13-9-7-10-14-31)35(21-37-23-45-29-47(37)3)27-55-41(49)33-17-19-34(20-18-33)42(50)56-28-36(22-38-24-46-30-48(38)4)40(6-2)44(52)54-26-32-15-11-8-12-16-32/h7-20,23-24,29-30,35-36,39-40H,5-6,21-22,25-28H2,1-4H3/t35-,36-,39-,40-/m0/s1. The second-order valence-electron chi connectivity index (χ2n) is 13.9. The van der Waals surface area contributed by atoms with Crippen molar-refractivity contribution >= 4 is 23.9 Å². The Morgan fingerprint density at radius 2 is 0.929 bits per heavy atom. The molecule has 2 heterocycles. The molecule has 0 saturated carbocycles. The van der Waals surface area contributed by atoms with Crippen molar-refractivity contribution in [2.24, 2.45) is 37.8 Å². The molecule has 4 atom stereocenters. The topological polar surface area (TPSA) is 141 Å². The maximum Gasteiger partial charge on any atom is 0.338 e. The molecule has 3 aromatic carbocycles. The number of hydrogen-bond donors (Lipinski definition) is 0. The largest absolute Gasteiger partial charge is 0.462 e. The highest BCUT2D eigenvalue weighted by Crippen LogP contribution is 2.26. The zero-order valence-corrected chi connectivity index (χ0v) is 32.4. The van der Waals surface area contributed by atoms with Crippen LogP contribution < -0.4 is 0 Å². The minimum atomic E-state index is -0.594. The summed E-state index contributed by atoms with van der Waals surface area (Å²) in [5, 5.41) is 0. The third kappa shape index (κ3) is 11.5. The number of carbonyl (C=O) groups is 4. The summed E-state index contributed by atoms with van der Waals surface area (Å²) in [6, 6.07) is 24.9. The van der Waals surface area contributed by atoms with Gasteiger partial charge >= 0.3 is 23.9 Å². The molecule has 12 heteroatoms. The van der Waals surface area contributed by atoms with Gasteiger partial charge in [0.2, 0.25) is 0 Å². The van der Waals surface area contributed by atoms with Crippen LogP contribution in [0.1, 0.15) is 69.9 Å². The monoisotopic (exact) mass is 762 g/mol. The van der Waals surface area contributed by atoms with Crippen LogP contribution >= 0.6 is 0 Å². The Morgan fingerprint density at radius 3 is 1.25 bits per heavy atom. The molecule has 0 spiro atoms. The Labute approximate surface area is 327 Å². The summed E-state index contributed by atoms with van der Waals surface area (Å²) in [5.41, 5.74) is 4.02. The van der Waals surface area contributed by atoms with Crippen LogP contribution in [0.5, 0.6) is 0 Å². The van der Waals surface area contributed by atoms with E-state index in [4.69, 9.17) is 18.9 Å². The first-order valence-electron chi connectivity index (χ1n) is 18.9. The van der Waals surface area contributed by atoms with E-state index in [2.05, 4.69) is 9.97 Å². The maximum atomic E-state index is 13.3. The van der Waals surface area contributed by atoms with E-state index in [1.165, 1.54) is 24.3 Å². The molecule has 0 amide bonds. The summed E-state index contributed by atoms with van der Waals surface area (Å²) in [5.74, 6) is -3.72. The average molecular weight is 763 g/mol. The fraction of sp³-hybridized carbons (Fsp3) is 0.364. The molecule has 0 N–H and O–H groups in total. The number of rotatable bonds is 20. The Bertz CT molecular complexity index is 1860. The first kappa shape index (κ1) is 41.1. The zero-order valence-electron chi connectivity index (χ0n) is 32.4. The lowest BCUT2D eigenvalue weighted by molar-refractivity contribution is -0.153. The van der Waals surface area contributed by atoms with E-state index in [-0.39, 0.29) is 61.3 Å². The summed E-state index contributed by atoms with van der Waals surface area (Å²) >= 11 is 0. The molecule has 0 aliphatic carbocycles. The lowest BCUT2D eigenvalue weighted by Gasteiger charge is -2.25. The number of carbonyl (C=O) groups excluding carboxylic acids is 4. The van der Waals surface area contributed by atoms with E-state index >= 15 is 0 Å². The summed E-state index contributed by atoms with van der Waals surface area (Å²) in [6.07, 6.45) is 8.69. The zero-order chi connectivity index (χ0) is 39.9. The smallest absolute Gasteiger partial charge is 0.338 e. The molecule has 0 aliphatic heterocycles. The van der Waals surface area contributed by atoms with Crippen LogP contribution in [0.15, 0.2) is 110 Å². The second-order valence-corrected chi connectivity index (χ2v) is 13.9. The Balaban J connectivity index is 1.20. The number of nitrogens with zero attached hydrogens (tertiary/aromatic N) is 4. The molecular formula is C44H50N4O8. The fourth-order valence-corrected chi connectivity index (χ4v) is 6.67. The average Bonchev–Trinajstić information content (AvgIpc) is 3.83. The van der Waals surface area contributed by atoms with Crippen LogP contribution in [-0.4, -0.2) is 56.2 Å². The molecular weight excluding hydrogens is 713 g/mol. The van der Waals surface area contributed by atoms with Gasteiger partial charge in [-0.05, 0) is 61.1 Å². The predicted octanol–water partition coefficient (Wildman–Crippen LogP) is 6.72. The normalized spacial score (nSPS) is 13.2. The summed E-state index contributed by atoms with van der Waals surface area (Å²) in [6.45, 7) is 4.05. The van der Waals surface area contributed by atoms with Crippen molar-refractivity contribution in [3.63, 3.8) is 0 Å². The van der Waals surface area contributed by atoms with Crippen LogP contribution in [0.3, 0.4) is 0 Å². The van der Waals surface area contributed by atoms with Crippen molar-refractivity contribution in [2.75, 3.05) is 13.2 Å². The molecule has 2 aromatic heterocycles. The first-order valence-corrected chi connectivity index (χ1v) is 18.9. The molecule has 5 rings (SSSR count). The third-order valence-electron chi connectivity index (χ3n) is 10.1. The number of esters is 4. The minimum absolute atomic E-state index is 0.0306. The van der Waals surface area contributed by atoms with Gasteiger partial charge in [-0.2, -0.15) is 0 Å². The molecule has 0 saturated heterocycles. The molecule has 0 radical (unpaired) electrons. The van der Waals surface area contributed by atoms with Crippen molar-refractivity contribution in [3.05, 3.63) is 144 Å². The summed E-state index contributed by atoms with van der Waals surface area (Å²) < 4.78 is 26.7. The van der Waals surface area contributed by atoms with Crippen LogP contribution in [0.4, 0.5) is 0 Å². The molecule has 0 bridgehead atoms. The number of aromatic nitrogens is 4. The van der Waals surface area contributed by atoms with Gasteiger partial charge in [0.25, 0.3) is 0 Å². The van der Waals surface area contributed by atoms with E-state index in [9.17, 15) is 19.2 Å². The molecule has 5 aromatic rings. The fourth-order valence-electron chi connectivity index (χ4n) is 6.67. The lowest BCUT2D eigenvalue weighted by atomic mass is 9.87. The van der Waals surface area contributed by atoms with Gasteiger partial charge in [0.05, 0.1) is 48.8 Å². The quantitative estimate of drug-likeness (QED) is 0.0620. The van der Waals surface area contributed by atoms with Crippen LogP contribution in [0.25, 0.3) is 0 Å². The van der Waals surface area contributed by atoms with E-state index < -0.39 is 23.8 Å². The number of aryl methyl sites for hydroxylation is 2. The van der Waals surface area contributed by atoms with Gasteiger partial charge in [-0.25, -0.2) is 19.6 Å². The highest BCUT2D eigenvalue weighted by Gasteiger charge is 2.32. The molecule has 0 unspecified atom stereocenters. The van der Waals surface area contributed by atoms with Crippen molar-refractivity contribution in [2.45, 2.75) is 52.7 Å². The highest BCUT2D eigenvalue weighted by atomic mass is 16.5. The van der Waals surface area contributed by atoms with E-state index in [0.29, 0.717) is 25.7 Å². The van der Waals surface area contributed by atoms with Gasteiger partial charge in [0.1, 0.15) is 13.2 Å². The summed E-state index contributed by atoms with van der Waals surface area (Å²) in [7, 11) is 3.74. The van der Waals surface area contributed by atoms with Gasteiger partial charge in [-0.1, -0.05) is 74.5 Å². The number of imidazole rings is 2. The molecule has 0 fully saturated rings. The van der Waals surface area contributed by atoms with Crippen molar-refractivity contribution in [3.8, 4) is 0 Å². The number of hydrogen-bond acceptors (Lipinski definition) is 10. The third-order valence-corrected chi connectivity index (χ3v) is 10.1. The highest BCUT2D eigenvalue weighted by molar-refractivity contribution is 5.93. The Kier molecular flexibility index (Phi) is 15.1. The van der Waals surface area contributed by atoms with Crippen LogP contribution in [-0.2, 0) is 68.7 Å². The molecule has 56 heavy (non-hydrogen) atoms. The van der Waals surface area contributed by atoms with Crippen molar-refractivity contribution in [1.82, 2.24) is 19.1 Å². The van der Waals surface area contributed by atoms with Crippen molar-refractivity contribution < 1.29 is 38.1 Å². The maximum absolute atomic E-state index is 13.3. The van der Waals surface area contributed by atoms with Crippen LogP contribution in [0, 0.1) is 23.7 Å².